The quantitative estimate of drug-likeness (QED) is 0.608. The third-order valence-electron chi connectivity index (χ3n) is 5.35. The minimum atomic E-state index is -0.197. The average molecular weight is 417 g/mol. The zero-order valence-electron chi connectivity index (χ0n) is 19.1. The predicted octanol–water partition coefficient (Wildman–Crippen LogP) is 2.72. The Morgan fingerprint density at radius 3 is 1.63 bits per heavy atom. The maximum Gasteiger partial charge on any atom is 0.237 e. The van der Waals surface area contributed by atoms with Gasteiger partial charge in [-0.25, -0.2) is 0 Å². The van der Waals surface area contributed by atoms with Crippen LogP contribution in [0.2, 0.25) is 0 Å². The zero-order chi connectivity index (χ0) is 21.9. The van der Waals surface area contributed by atoms with Gasteiger partial charge in [-0.2, -0.15) is 0 Å². The van der Waals surface area contributed by atoms with Crippen LogP contribution in [-0.4, -0.2) is 37.0 Å². The number of benzene rings is 1. The molecule has 2 atom stereocenters. The lowest BCUT2D eigenvalue weighted by atomic mass is 10.0. The topological polar surface area (TPSA) is 82.3 Å². The standard InChI is InChI=1S/C24H40N4O2/c1-17(2)12-21-23(29)25-10-5-6-11-26-24(30)22(13-18(3)4)28-16-20-9-7-8-19(14-20)15-27-21/h7-9,14,17-18,21-22,27-28H,5-6,10-13,15-16H2,1-4H3,(H,25,29)(H,26,30)/t21-,22-/m0/s1. The lowest BCUT2D eigenvalue weighted by Gasteiger charge is -2.21. The minimum Gasteiger partial charge on any atom is -0.355 e. The molecule has 30 heavy (non-hydrogen) atoms. The van der Waals surface area contributed by atoms with Crippen molar-refractivity contribution in [2.45, 2.75) is 78.6 Å². The van der Waals surface area contributed by atoms with E-state index in [1.54, 1.807) is 0 Å². The largest absolute Gasteiger partial charge is 0.355 e. The van der Waals surface area contributed by atoms with Crippen LogP contribution >= 0.6 is 0 Å². The van der Waals surface area contributed by atoms with Gasteiger partial charge >= 0.3 is 0 Å². The lowest BCUT2D eigenvalue weighted by Crippen LogP contribution is -2.45. The number of nitrogens with one attached hydrogen (secondary N) is 4. The van der Waals surface area contributed by atoms with Gasteiger partial charge in [0.15, 0.2) is 0 Å². The highest BCUT2D eigenvalue weighted by atomic mass is 16.2. The number of hydrogen-bond acceptors (Lipinski definition) is 4. The Hall–Kier alpha value is -1.92. The number of carbonyl (C=O) groups is 2. The highest BCUT2D eigenvalue weighted by Gasteiger charge is 2.20. The molecule has 0 spiro atoms. The van der Waals surface area contributed by atoms with Gasteiger partial charge in [0.1, 0.15) is 0 Å². The molecule has 1 aromatic rings. The van der Waals surface area contributed by atoms with E-state index in [0.29, 0.717) is 38.0 Å². The number of carbonyl (C=O) groups excluding carboxylic acids is 2. The number of fused-ring (bicyclic) bond motifs is 2. The predicted molar refractivity (Wildman–Crippen MR) is 122 cm³/mol. The summed E-state index contributed by atoms with van der Waals surface area (Å²) in [6, 6.07) is 7.94. The van der Waals surface area contributed by atoms with E-state index in [2.05, 4.69) is 67.2 Å². The molecular weight excluding hydrogens is 376 g/mol. The summed E-state index contributed by atoms with van der Waals surface area (Å²) in [5.41, 5.74) is 2.29. The van der Waals surface area contributed by atoms with E-state index < -0.39 is 0 Å². The van der Waals surface area contributed by atoms with Crippen molar-refractivity contribution in [3.8, 4) is 0 Å². The van der Waals surface area contributed by atoms with Gasteiger partial charge in [-0.1, -0.05) is 52.0 Å². The lowest BCUT2D eigenvalue weighted by molar-refractivity contribution is -0.124. The molecule has 0 fully saturated rings. The molecular formula is C24H40N4O2. The molecule has 2 amide bonds. The fraction of sp³-hybridized carbons (Fsp3) is 0.667. The highest BCUT2D eigenvalue weighted by Crippen LogP contribution is 2.11. The first-order valence-corrected chi connectivity index (χ1v) is 11.4. The molecule has 2 rings (SSSR count). The van der Waals surface area contributed by atoms with E-state index in [9.17, 15) is 9.59 Å². The zero-order valence-corrected chi connectivity index (χ0v) is 19.1. The van der Waals surface area contributed by atoms with Crippen molar-refractivity contribution < 1.29 is 9.59 Å². The van der Waals surface area contributed by atoms with Crippen molar-refractivity contribution in [1.29, 1.82) is 0 Å². The third-order valence-corrected chi connectivity index (χ3v) is 5.35. The number of amides is 2. The van der Waals surface area contributed by atoms with Crippen molar-refractivity contribution in [2.75, 3.05) is 13.1 Å². The third kappa shape index (κ3) is 8.84. The van der Waals surface area contributed by atoms with Gasteiger partial charge in [0.05, 0.1) is 12.1 Å². The van der Waals surface area contributed by atoms with Crippen LogP contribution in [0.15, 0.2) is 24.3 Å². The van der Waals surface area contributed by atoms with Crippen LogP contribution in [0.1, 0.15) is 64.5 Å². The van der Waals surface area contributed by atoms with Crippen molar-refractivity contribution in [1.82, 2.24) is 21.3 Å². The normalized spacial score (nSPS) is 22.5. The van der Waals surface area contributed by atoms with E-state index in [4.69, 9.17) is 0 Å². The van der Waals surface area contributed by atoms with E-state index >= 15 is 0 Å². The van der Waals surface area contributed by atoms with E-state index in [1.807, 2.05) is 6.07 Å². The highest BCUT2D eigenvalue weighted by molar-refractivity contribution is 5.82. The summed E-state index contributed by atoms with van der Waals surface area (Å²) in [5.74, 6) is 0.996. The minimum absolute atomic E-state index is 0.0619. The second kappa shape index (κ2) is 12.7. The molecule has 0 radical (unpaired) electrons. The van der Waals surface area contributed by atoms with Gasteiger partial charge in [-0.15, -0.1) is 0 Å². The Balaban J connectivity index is 2.13. The number of hydrogen-bond donors (Lipinski definition) is 4. The number of rotatable bonds is 4. The molecule has 1 aromatic carbocycles. The van der Waals surface area contributed by atoms with Crippen LogP contribution < -0.4 is 21.3 Å². The van der Waals surface area contributed by atoms with Crippen molar-refractivity contribution in [2.24, 2.45) is 11.8 Å². The summed E-state index contributed by atoms with van der Waals surface area (Å²) in [4.78, 5) is 25.3. The molecule has 2 bridgehead atoms. The monoisotopic (exact) mass is 416 g/mol. The smallest absolute Gasteiger partial charge is 0.237 e. The molecule has 0 aliphatic carbocycles. The molecule has 1 aliphatic heterocycles. The van der Waals surface area contributed by atoms with Gasteiger partial charge in [-0.3, -0.25) is 9.59 Å². The molecule has 0 saturated carbocycles. The Morgan fingerprint density at radius 2 is 1.23 bits per heavy atom. The van der Waals surface area contributed by atoms with E-state index in [0.717, 1.165) is 36.8 Å². The summed E-state index contributed by atoms with van der Waals surface area (Å²) in [5, 5.41) is 13.0. The van der Waals surface area contributed by atoms with Crippen LogP contribution in [0.25, 0.3) is 0 Å². The first-order valence-electron chi connectivity index (χ1n) is 11.4. The first-order chi connectivity index (χ1) is 14.3. The Morgan fingerprint density at radius 1 is 0.800 bits per heavy atom. The Labute approximate surface area is 182 Å². The van der Waals surface area contributed by atoms with Crippen LogP contribution in [0, 0.1) is 11.8 Å². The maximum atomic E-state index is 12.7. The molecule has 168 valence electrons. The van der Waals surface area contributed by atoms with Crippen molar-refractivity contribution in [3.63, 3.8) is 0 Å². The molecule has 6 heteroatoms. The van der Waals surface area contributed by atoms with Gasteiger partial charge in [-0.05, 0) is 48.6 Å². The molecule has 0 aromatic heterocycles. The summed E-state index contributed by atoms with van der Waals surface area (Å²) in [6.07, 6.45) is 3.31. The average Bonchev–Trinajstić information content (AvgIpc) is 2.69. The fourth-order valence-electron chi connectivity index (χ4n) is 3.76. The molecule has 0 saturated heterocycles. The Kier molecular flexibility index (Phi) is 10.3. The van der Waals surface area contributed by atoms with Gasteiger partial charge < -0.3 is 21.3 Å². The molecule has 6 nitrogen and oxygen atoms in total. The molecule has 1 aliphatic rings. The molecule has 0 unspecified atom stereocenters. The van der Waals surface area contributed by atoms with Gasteiger partial charge in [0.2, 0.25) is 11.8 Å². The molecule has 4 N–H and O–H groups in total. The van der Waals surface area contributed by atoms with Crippen LogP contribution in [0.4, 0.5) is 0 Å². The summed E-state index contributed by atoms with van der Waals surface area (Å²) in [7, 11) is 0. The SMILES string of the molecule is CC(C)C[C@@H]1NCc2cccc(c2)CN[C@@H](CC(C)C)C(=O)NCCCCNC1=O. The fourth-order valence-corrected chi connectivity index (χ4v) is 3.76. The summed E-state index contributed by atoms with van der Waals surface area (Å²) in [6.45, 7) is 11.1. The van der Waals surface area contributed by atoms with Gasteiger partial charge in [0.25, 0.3) is 0 Å². The summed E-state index contributed by atoms with van der Waals surface area (Å²) < 4.78 is 0. The Bertz CT molecular complexity index is 622. The maximum absolute atomic E-state index is 12.7. The molecule has 1 heterocycles. The van der Waals surface area contributed by atoms with Gasteiger partial charge in [0, 0.05) is 26.2 Å². The van der Waals surface area contributed by atoms with Crippen molar-refractivity contribution in [3.05, 3.63) is 35.4 Å². The van der Waals surface area contributed by atoms with Crippen LogP contribution in [0.3, 0.4) is 0 Å². The second-order valence-corrected chi connectivity index (χ2v) is 9.24. The van der Waals surface area contributed by atoms with Crippen LogP contribution in [0.5, 0.6) is 0 Å². The van der Waals surface area contributed by atoms with E-state index in [1.165, 1.54) is 0 Å². The second-order valence-electron chi connectivity index (χ2n) is 9.24. The van der Waals surface area contributed by atoms with Crippen LogP contribution in [-0.2, 0) is 22.7 Å². The summed E-state index contributed by atoms with van der Waals surface area (Å²) >= 11 is 0. The first kappa shape index (κ1) is 24.4. The van der Waals surface area contributed by atoms with Crippen molar-refractivity contribution >= 4 is 11.8 Å². The van der Waals surface area contributed by atoms with E-state index in [-0.39, 0.29) is 23.9 Å².